The highest BCUT2D eigenvalue weighted by Gasteiger charge is 2.01. The fraction of sp³-hybridized carbons (Fsp3) is 0.450. The number of benzene rings is 2. The Hall–Kier alpha value is -2.11. The molecule has 0 aromatic heterocycles. The van der Waals surface area contributed by atoms with Crippen molar-refractivity contribution in [1.29, 1.82) is 0 Å². The van der Waals surface area contributed by atoms with Crippen LogP contribution in [0.4, 0.5) is 4.79 Å². The first kappa shape index (κ1) is 22.9. The number of methoxy groups -OCH3 is 1. The molecule has 0 heterocycles. The fourth-order valence-electron chi connectivity index (χ4n) is 2.18. The number of nitrogens with two attached hydrogens (primary N) is 1. The van der Waals surface area contributed by atoms with Crippen LogP contribution in [0.25, 0.3) is 10.8 Å². The summed E-state index contributed by atoms with van der Waals surface area (Å²) in [6, 6.07) is 16.7. The molecule has 2 rings (SSSR count). The Morgan fingerprint density at radius 2 is 1.40 bits per heavy atom. The number of rotatable bonds is 6. The molecule has 2 aromatic carbocycles. The zero-order chi connectivity index (χ0) is 18.9. The molecule has 0 aliphatic rings. The molecule has 0 radical (unpaired) electrons. The van der Waals surface area contributed by atoms with Gasteiger partial charge in [0.2, 0.25) is 0 Å². The van der Waals surface area contributed by atoms with Crippen LogP contribution in [0.3, 0.4) is 0 Å². The second-order valence-corrected chi connectivity index (χ2v) is 5.03. The Bertz CT molecular complexity index is 506. The van der Waals surface area contributed by atoms with E-state index in [0.29, 0.717) is 6.61 Å². The molecule has 0 amide bonds. The van der Waals surface area contributed by atoms with Gasteiger partial charge in [0.05, 0.1) is 13.7 Å². The van der Waals surface area contributed by atoms with Gasteiger partial charge in [-0.2, -0.15) is 0 Å². The van der Waals surface area contributed by atoms with Crippen LogP contribution in [-0.4, -0.2) is 51.5 Å². The molecule has 0 bridgehead atoms. The van der Waals surface area contributed by atoms with Crippen molar-refractivity contribution >= 4 is 16.9 Å². The number of fused-ring (bicyclic) bond motifs is 1. The summed E-state index contributed by atoms with van der Waals surface area (Å²) in [7, 11) is 2.81. The van der Waals surface area contributed by atoms with Crippen molar-refractivity contribution in [2.45, 2.75) is 20.3 Å². The molecule has 0 unspecified atom stereocenters. The van der Waals surface area contributed by atoms with Gasteiger partial charge in [-0.15, -0.1) is 0 Å². The highest BCUT2D eigenvalue weighted by Crippen LogP contribution is 2.11. The molecule has 5 nitrogen and oxygen atoms in total. The van der Waals surface area contributed by atoms with Gasteiger partial charge in [0.15, 0.2) is 0 Å². The standard InChI is InChI=1S/C10H8.C9H19NO3.CH5N/c1-2-6-10-8-4-3-7-9(10)5-1;1-4-10(5-2)7-6-8-13-9(11)12-3;1-2/h1-8H;4-8H2,1-3H3;2H2,1H3. The second-order valence-electron chi connectivity index (χ2n) is 5.03. The molecule has 0 spiro atoms. The minimum atomic E-state index is -0.598. The SMILES string of the molecule is CCN(CC)CCCOC(=O)OC.CN.c1ccc2ccccc2c1. The summed E-state index contributed by atoms with van der Waals surface area (Å²) < 4.78 is 9.08. The van der Waals surface area contributed by atoms with E-state index < -0.39 is 6.16 Å². The smallest absolute Gasteiger partial charge is 0.438 e. The number of hydrogen-bond donors (Lipinski definition) is 1. The average Bonchev–Trinajstić information content (AvgIpc) is 2.70. The molecule has 2 aromatic rings. The minimum absolute atomic E-state index is 0.434. The minimum Gasteiger partial charge on any atom is -0.438 e. The summed E-state index contributed by atoms with van der Waals surface area (Å²) in [6.07, 6.45) is 0.260. The summed E-state index contributed by atoms with van der Waals surface area (Å²) >= 11 is 0. The van der Waals surface area contributed by atoms with Crippen molar-refractivity contribution in [2.75, 3.05) is 40.4 Å². The summed E-state index contributed by atoms with van der Waals surface area (Å²) in [6.45, 7) is 7.70. The maximum atomic E-state index is 10.5. The third kappa shape index (κ3) is 10.4. The molecule has 0 fully saturated rings. The van der Waals surface area contributed by atoms with Gasteiger partial charge in [-0.05, 0) is 37.3 Å². The van der Waals surface area contributed by atoms with Gasteiger partial charge in [0, 0.05) is 6.54 Å². The van der Waals surface area contributed by atoms with E-state index in [0.717, 1.165) is 26.1 Å². The molecule has 2 N–H and O–H groups in total. The first-order valence-corrected chi connectivity index (χ1v) is 8.65. The van der Waals surface area contributed by atoms with E-state index in [4.69, 9.17) is 4.74 Å². The van der Waals surface area contributed by atoms with E-state index >= 15 is 0 Å². The highest BCUT2D eigenvalue weighted by molar-refractivity contribution is 5.81. The average molecular weight is 348 g/mol. The quantitative estimate of drug-likeness (QED) is 0.633. The topological polar surface area (TPSA) is 64.8 Å². The number of carbonyl (C=O) groups excluding carboxylic acids is 1. The lowest BCUT2D eigenvalue weighted by molar-refractivity contribution is 0.0694. The van der Waals surface area contributed by atoms with E-state index in [9.17, 15) is 4.79 Å². The fourth-order valence-corrected chi connectivity index (χ4v) is 2.18. The summed E-state index contributed by atoms with van der Waals surface area (Å²) in [4.78, 5) is 12.8. The molecule has 0 aliphatic heterocycles. The summed E-state index contributed by atoms with van der Waals surface area (Å²) in [5.74, 6) is 0. The van der Waals surface area contributed by atoms with E-state index in [2.05, 4.69) is 77.7 Å². The maximum Gasteiger partial charge on any atom is 0.507 e. The van der Waals surface area contributed by atoms with Gasteiger partial charge in [-0.1, -0.05) is 62.4 Å². The van der Waals surface area contributed by atoms with Crippen LogP contribution in [0.5, 0.6) is 0 Å². The van der Waals surface area contributed by atoms with Crippen molar-refractivity contribution < 1.29 is 14.3 Å². The molecule has 140 valence electrons. The number of carbonyl (C=O) groups is 1. The van der Waals surface area contributed by atoms with Crippen molar-refractivity contribution in [3.05, 3.63) is 48.5 Å². The second kappa shape index (κ2) is 15.4. The monoisotopic (exact) mass is 348 g/mol. The van der Waals surface area contributed by atoms with Gasteiger partial charge >= 0.3 is 6.16 Å². The molecular formula is C20H32N2O3. The summed E-state index contributed by atoms with van der Waals surface area (Å²) in [5, 5.41) is 2.62. The predicted octanol–water partition coefficient (Wildman–Crippen LogP) is 3.92. The molecule has 0 saturated heterocycles. The Kier molecular flexibility index (Phi) is 14.1. The number of nitrogens with zero attached hydrogens (tertiary/aromatic N) is 1. The molecular weight excluding hydrogens is 316 g/mol. The van der Waals surface area contributed by atoms with Crippen molar-refractivity contribution in [2.24, 2.45) is 5.73 Å². The third-order valence-corrected chi connectivity index (χ3v) is 3.56. The van der Waals surface area contributed by atoms with E-state index in [1.54, 1.807) is 0 Å². The number of ether oxygens (including phenoxy) is 2. The van der Waals surface area contributed by atoms with Crippen molar-refractivity contribution in [3.8, 4) is 0 Å². The maximum absolute atomic E-state index is 10.5. The lowest BCUT2D eigenvalue weighted by Gasteiger charge is -2.17. The molecule has 0 saturated carbocycles. The largest absolute Gasteiger partial charge is 0.507 e. The van der Waals surface area contributed by atoms with Crippen LogP contribution in [0, 0.1) is 0 Å². The van der Waals surface area contributed by atoms with Gasteiger partial charge < -0.3 is 20.1 Å². The van der Waals surface area contributed by atoms with Gasteiger partial charge in [0.1, 0.15) is 0 Å². The first-order valence-electron chi connectivity index (χ1n) is 8.65. The Labute approximate surface area is 151 Å². The van der Waals surface area contributed by atoms with Crippen LogP contribution < -0.4 is 5.73 Å². The molecule has 5 heteroatoms. The van der Waals surface area contributed by atoms with Crippen molar-refractivity contribution in [1.82, 2.24) is 4.90 Å². The summed E-state index contributed by atoms with van der Waals surface area (Å²) in [5.41, 5.74) is 4.50. The van der Waals surface area contributed by atoms with Crippen LogP contribution in [0.15, 0.2) is 48.5 Å². The van der Waals surface area contributed by atoms with Gasteiger partial charge in [-0.25, -0.2) is 4.79 Å². The van der Waals surface area contributed by atoms with Crippen molar-refractivity contribution in [3.63, 3.8) is 0 Å². The lowest BCUT2D eigenvalue weighted by Crippen LogP contribution is -2.25. The Morgan fingerprint density at radius 1 is 0.960 bits per heavy atom. The van der Waals surface area contributed by atoms with Crippen LogP contribution in [0.2, 0.25) is 0 Å². The Morgan fingerprint density at radius 3 is 1.76 bits per heavy atom. The normalized spacial score (nSPS) is 9.52. The highest BCUT2D eigenvalue weighted by atomic mass is 16.7. The van der Waals surface area contributed by atoms with E-state index in [1.165, 1.54) is 24.9 Å². The molecule has 0 aliphatic carbocycles. The van der Waals surface area contributed by atoms with Crippen LogP contribution in [-0.2, 0) is 9.47 Å². The van der Waals surface area contributed by atoms with Gasteiger partial charge in [-0.3, -0.25) is 0 Å². The Balaban J connectivity index is 0.000000426. The zero-order valence-corrected chi connectivity index (χ0v) is 15.9. The predicted molar refractivity (Wildman–Crippen MR) is 105 cm³/mol. The third-order valence-electron chi connectivity index (χ3n) is 3.56. The van der Waals surface area contributed by atoms with Crippen LogP contribution >= 0.6 is 0 Å². The van der Waals surface area contributed by atoms with Crippen LogP contribution in [0.1, 0.15) is 20.3 Å². The molecule has 0 atom stereocenters. The van der Waals surface area contributed by atoms with E-state index in [1.807, 2.05) is 0 Å². The molecule has 25 heavy (non-hydrogen) atoms. The lowest BCUT2D eigenvalue weighted by atomic mass is 10.1. The first-order chi connectivity index (χ1) is 12.2. The van der Waals surface area contributed by atoms with Gasteiger partial charge in [0.25, 0.3) is 0 Å². The van der Waals surface area contributed by atoms with E-state index in [-0.39, 0.29) is 0 Å². The zero-order valence-electron chi connectivity index (χ0n) is 15.9. The number of hydrogen-bond acceptors (Lipinski definition) is 5.